The number of nitrogens with zero attached hydrogens (tertiary/aromatic N) is 1. The molecule has 0 saturated carbocycles. The van der Waals surface area contributed by atoms with Gasteiger partial charge >= 0.3 is 6.03 Å². The van der Waals surface area contributed by atoms with E-state index in [0.717, 1.165) is 16.2 Å². The molecule has 4 amide bonds. The normalized spacial score (nSPS) is 15.5. The zero-order valence-electron chi connectivity index (χ0n) is 17.6. The minimum absolute atomic E-state index is 0.182. The molecule has 2 N–H and O–H groups in total. The average Bonchev–Trinajstić information content (AvgIpc) is 3.05. The number of ether oxygens (including phenoxy) is 3. The van der Waals surface area contributed by atoms with Crippen LogP contribution in [0, 0.1) is 0 Å². The van der Waals surface area contributed by atoms with E-state index in [1.54, 1.807) is 25.3 Å². The van der Waals surface area contributed by atoms with E-state index in [9.17, 15) is 14.4 Å². The van der Waals surface area contributed by atoms with Gasteiger partial charge in [0.25, 0.3) is 5.91 Å². The third-order valence-electron chi connectivity index (χ3n) is 4.96. The predicted octanol–water partition coefficient (Wildman–Crippen LogP) is 2.20. The predicted molar refractivity (Wildman–Crippen MR) is 114 cm³/mol. The first-order chi connectivity index (χ1) is 14.9. The van der Waals surface area contributed by atoms with Crippen molar-refractivity contribution in [3.05, 3.63) is 48.0 Å². The van der Waals surface area contributed by atoms with Crippen molar-refractivity contribution in [2.75, 3.05) is 33.2 Å². The van der Waals surface area contributed by atoms with Crippen molar-refractivity contribution >= 4 is 23.5 Å². The molecular formula is C22H25N3O6. The second kappa shape index (κ2) is 9.84. The fourth-order valence-electron chi connectivity index (χ4n) is 3.25. The summed E-state index contributed by atoms with van der Waals surface area (Å²) in [4.78, 5) is 38.5. The number of hydrogen-bond donors (Lipinski definition) is 2. The minimum atomic E-state index is -0.910. The van der Waals surface area contributed by atoms with Crippen molar-refractivity contribution in [2.24, 2.45) is 0 Å². The van der Waals surface area contributed by atoms with Crippen LogP contribution >= 0.6 is 0 Å². The van der Waals surface area contributed by atoms with Gasteiger partial charge < -0.3 is 24.8 Å². The maximum Gasteiger partial charge on any atom is 0.324 e. The molecule has 1 aliphatic heterocycles. The monoisotopic (exact) mass is 427 g/mol. The molecule has 0 aromatic heterocycles. The summed E-state index contributed by atoms with van der Waals surface area (Å²) in [5.74, 6) is 0.906. The Bertz CT molecular complexity index is 960. The maximum absolute atomic E-state index is 12.6. The number of hydrogen-bond acceptors (Lipinski definition) is 6. The maximum atomic E-state index is 12.6. The third-order valence-corrected chi connectivity index (χ3v) is 4.96. The van der Waals surface area contributed by atoms with E-state index in [4.69, 9.17) is 14.2 Å². The molecule has 3 rings (SSSR count). The summed E-state index contributed by atoms with van der Waals surface area (Å²) in [7, 11) is 4.59. The Labute approximate surface area is 180 Å². The van der Waals surface area contributed by atoms with E-state index in [1.165, 1.54) is 14.2 Å². The summed E-state index contributed by atoms with van der Waals surface area (Å²) >= 11 is 0. The zero-order chi connectivity index (χ0) is 22.4. The summed E-state index contributed by atoms with van der Waals surface area (Å²) in [5.41, 5.74) is 1.41. The number of amides is 4. The summed E-state index contributed by atoms with van der Waals surface area (Å²) < 4.78 is 15.5. The van der Waals surface area contributed by atoms with E-state index < -0.39 is 23.9 Å². The number of anilines is 1. The molecule has 0 bridgehead atoms. The van der Waals surface area contributed by atoms with Crippen LogP contribution in [0.2, 0.25) is 0 Å². The molecule has 31 heavy (non-hydrogen) atoms. The van der Waals surface area contributed by atoms with Crippen molar-refractivity contribution in [1.29, 1.82) is 0 Å². The second-order valence-electron chi connectivity index (χ2n) is 6.91. The van der Waals surface area contributed by atoms with Gasteiger partial charge in [-0.1, -0.05) is 12.1 Å². The molecular weight excluding hydrogens is 402 g/mol. The number of methoxy groups -OCH3 is 3. The van der Waals surface area contributed by atoms with Crippen molar-refractivity contribution in [2.45, 2.75) is 18.9 Å². The van der Waals surface area contributed by atoms with Crippen LogP contribution < -0.4 is 24.8 Å². The molecule has 0 spiro atoms. The van der Waals surface area contributed by atoms with Gasteiger partial charge in [0, 0.05) is 12.6 Å². The molecule has 1 fully saturated rings. The van der Waals surface area contributed by atoms with Gasteiger partial charge in [0.1, 0.15) is 23.3 Å². The average molecular weight is 427 g/mol. The lowest BCUT2D eigenvalue weighted by atomic mass is 10.1. The van der Waals surface area contributed by atoms with Crippen molar-refractivity contribution < 1.29 is 28.6 Å². The highest BCUT2D eigenvalue weighted by molar-refractivity contribution is 6.07. The third kappa shape index (κ3) is 5.25. The van der Waals surface area contributed by atoms with Crippen LogP contribution in [0.4, 0.5) is 10.5 Å². The molecule has 2 aromatic rings. The molecule has 0 aliphatic carbocycles. The van der Waals surface area contributed by atoms with E-state index in [1.807, 2.05) is 24.3 Å². The number of carbonyl (C=O) groups excluding carboxylic acids is 3. The molecule has 1 saturated heterocycles. The smallest absolute Gasteiger partial charge is 0.324 e. The van der Waals surface area contributed by atoms with E-state index in [0.29, 0.717) is 23.6 Å². The summed E-state index contributed by atoms with van der Waals surface area (Å²) in [6.45, 7) is 0.224. The largest absolute Gasteiger partial charge is 0.497 e. The molecule has 9 heteroatoms. The summed E-state index contributed by atoms with van der Waals surface area (Å²) in [5, 5.41) is 5.28. The molecule has 2 aromatic carbocycles. The highest BCUT2D eigenvalue weighted by Crippen LogP contribution is 2.29. The number of rotatable bonds is 9. The highest BCUT2D eigenvalue weighted by atomic mass is 16.5. The van der Waals surface area contributed by atoms with Gasteiger partial charge in [-0.05, 0) is 36.2 Å². The highest BCUT2D eigenvalue weighted by Gasteiger charge is 2.38. The Morgan fingerprint density at radius 2 is 1.68 bits per heavy atom. The number of benzene rings is 2. The van der Waals surface area contributed by atoms with Crippen LogP contribution in [-0.2, 0) is 16.0 Å². The molecule has 164 valence electrons. The quantitative estimate of drug-likeness (QED) is 0.595. The Kier molecular flexibility index (Phi) is 6.96. The van der Waals surface area contributed by atoms with Crippen molar-refractivity contribution in [1.82, 2.24) is 10.2 Å². The molecule has 1 atom stereocenters. The summed E-state index contributed by atoms with van der Waals surface area (Å²) in [6.07, 6.45) is 0.323. The van der Waals surface area contributed by atoms with E-state index in [-0.39, 0.29) is 13.0 Å². The Morgan fingerprint density at radius 3 is 2.32 bits per heavy atom. The first kappa shape index (κ1) is 21.9. The number of urea groups is 1. The SMILES string of the molecule is COc1ccc(CCN2C(=O)NC(CC(=O)Nc3ccc(OC)cc3OC)C2=O)cc1. The van der Waals surface area contributed by atoms with Crippen LogP contribution in [-0.4, -0.2) is 56.7 Å². The number of carbonyl (C=O) groups is 3. The molecule has 1 unspecified atom stereocenters. The van der Waals surface area contributed by atoms with Crippen LogP contribution in [0.3, 0.4) is 0 Å². The van der Waals surface area contributed by atoms with E-state index in [2.05, 4.69) is 10.6 Å². The van der Waals surface area contributed by atoms with Crippen molar-refractivity contribution in [3.8, 4) is 17.2 Å². The number of nitrogens with one attached hydrogen (secondary N) is 2. The van der Waals surface area contributed by atoms with Gasteiger partial charge in [0.2, 0.25) is 5.91 Å². The van der Waals surface area contributed by atoms with Gasteiger partial charge in [-0.2, -0.15) is 0 Å². The fraction of sp³-hybridized carbons (Fsp3) is 0.318. The van der Waals surface area contributed by atoms with E-state index >= 15 is 0 Å². The standard InChI is InChI=1S/C22H25N3O6/c1-29-15-6-4-14(5-7-15)10-11-25-21(27)18(24-22(25)28)13-20(26)23-17-9-8-16(30-2)12-19(17)31-3/h4-9,12,18H,10-11,13H2,1-3H3,(H,23,26)(H,24,28). The fourth-order valence-corrected chi connectivity index (χ4v) is 3.25. The molecule has 9 nitrogen and oxygen atoms in total. The van der Waals surface area contributed by atoms with Gasteiger partial charge in [-0.3, -0.25) is 14.5 Å². The lowest BCUT2D eigenvalue weighted by Crippen LogP contribution is -2.35. The van der Waals surface area contributed by atoms with Crippen LogP contribution in [0.5, 0.6) is 17.2 Å². The Morgan fingerprint density at radius 1 is 1.00 bits per heavy atom. The van der Waals surface area contributed by atoms with Crippen molar-refractivity contribution in [3.63, 3.8) is 0 Å². The first-order valence-electron chi connectivity index (χ1n) is 9.72. The lowest BCUT2D eigenvalue weighted by Gasteiger charge is -2.14. The zero-order valence-corrected chi connectivity index (χ0v) is 17.6. The molecule has 0 radical (unpaired) electrons. The molecule has 1 aliphatic rings. The minimum Gasteiger partial charge on any atom is -0.497 e. The van der Waals surface area contributed by atoms with Gasteiger partial charge in [-0.15, -0.1) is 0 Å². The topological polar surface area (TPSA) is 106 Å². The van der Waals surface area contributed by atoms with Crippen LogP contribution in [0.15, 0.2) is 42.5 Å². The first-order valence-corrected chi connectivity index (χ1v) is 9.72. The lowest BCUT2D eigenvalue weighted by molar-refractivity contribution is -0.129. The second-order valence-corrected chi connectivity index (χ2v) is 6.91. The van der Waals surface area contributed by atoms with Gasteiger partial charge in [0.05, 0.1) is 33.4 Å². The van der Waals surface area contributed by atoms with Crippen LogP contribution in [0.25, 0.3) is 0 Å². The Balaban J connectivity index is 1.57. The summed E-state index contributed by atoms with van der Waals surface area (Å²) in [6, 6.07) is 11.0. The van der Waals surface area contributed by atoms with Crippen LogP contribution in [0.1, 0.15) is 12.0 Å². The van der Waals surface area contributed by atoms with Gasteiger partial charge in [-0.25, -0.2) is 4.79 Å². The van der Waals surface area contributed by atoms with Gasteiger partial charge in [0.15, 0.2) is 0 Å². The Hall–Kier alpha value is -3.75. The molecule has 1 heterocycles. The number of imide groups is 1.